The molecule has 0 N–H and O–H groups in total. The minimum atomic E-state index is -3.67. The summed E-state index contributed by atoms with van der Waals surface area (Å²) in [6, 6.07) is 0. The summed E-state index contributed by atoms with van der Waals surface area (Å²) >= 11 is 4.96. The maximum Gasteiger partial charge on any atom is 0.316 e. The first kappa shape index (κ1) is 10.6. The summed E-state index contributed by atoms with van der Waals surface area (Å²) in [5.41, 5.74) is -1.95. The third kappa shape index (κ3) is 1.06. The van der Waals surface area contributed by atoms with E-state index < -0.39 is 28.9 Å². The molecule has 0 aliphatic heterocycles. The predicted molar refractivity (Wildman–Crippen MR) is 39.4 cm³/mol. The highest BCUT2D eigenvalue weighted by Gasteiger charge is 2.79. The lowest BCUT2D eigenvalue weighted by molar-refractivity contribution is -0.253. The summed E-state index contributed by atoms with van der Waals surface area (Å²) in [5, 5.41) is -3.34. The molecule has 0 aromatic rings. The number of hydrogen-bond donors (Lipinski definition) is 0. The predicted octanol–water partition coefficient (Wildman–Crippen LogP) is 2.11. The molecule has 0 heterocycles. The summed E-state index contributed by atoms with van der Waals surface area (Å²) in [6.45, 7) is 1.02. The Labute approximate surface area is 78.0 Å². The molecule has 6 heteroatoms. The summed E-state index contributed by atoms with van der Waals surface area (Å²) in [7, 11) is 0.997. The van der Waals surface area contributed by atoms with Crippen LogP contribution < -0.4 is 0 Å². The van der Waals surface area contributed by atoms with Gasteiger partial charge in [0.2, 0.25) is 0 Å². The Hall–Kier alpha value is -0.450. The first-order valence-electron chi connectivity index (χ1n) is 3.53. The average molecular weight is 217 g/mol. The van der Waals surface area contributed by atoms with Crippen LogP contribution in [0.4, 0.5) is 13.2 Å². The van der Waals surface area contributed by atoms with Crippen molar-refractivity contribution in [2.45, 2.75) is 24.4 Å². The summed E-state index contributed by atoms with van der Waals surface area (Å²) in [6.07, 6.45) is -0.924. The molecule has 0 saturated heterocycles. The van der Waals surface area contributed by atoms with Crippen LogP contribution in [0.25, 0.3) is 0 Å². The van der Waals surface area contributed by atoms with Crippen molar-refractivity contribution in [3.8, 4) is 0 Å². The second kappa shape index (κ2) is 2.53. The molecule has 76 valence electrons. The van der Waals surface area contributed by atoms with E-state index >= 15 is 0 Å². The fourth-order valence-electron chi connectivity index (χ4n) is 1.39. The molecule has 0 radical (unpaired) electrons. The number of hydrogen-bond acceptors (Lipinski definition) is 2. The van der Waals surface area contributed by atoms with Gasteiger partial charge in [-0.25, -0.2) is 13.2 Å². The van der Waals surface area contributed by atoms with Crippen LogP contribution in [-0.4, -0.2) is 24.1 Å². The van der Waals surface area contributed by atoms with Gasteiger partial charge >= 0.3 is 5.97 Å². The van der Waals surface area contributed by atoms with Crippen LogP contribution in [0.3, 0.4) is 0 Å². The maximum atomic E-state index is 13.2. The Bertz CT molecular complexity index is 254. The SMILES string of the molecule is COC(=O)[C@]1(C)CC(F)(F)[C@@]1(F)Cl. The molecule has 0 aromatic heterocycles. The van der Waals surface area contributed by atoms with Crippen molar-refractivity contribution in [2.75, 3.05) is 7.11 Å². The van der Waals surface area contributed by atoms with Gasteiger partial charge in [0.15, 0.2) is 0 Å². The number of halogens is 4. The van der Waals surface area contributed by atoms with Crippen LogP contribution in [0.2, 0.25) is 0 Å². The zero-order valence-corrected chi connectivity index (χ0v) is 7.79. The van der Waals surface area contributed by atoms with Crippen LogP contribution in [0.15, 0.2) is 0 Å². The number of methoxy groups -OCH3 is 1. The van der Waals surface area contributed by atoms with Crippen molar-refractivity contribution in [3.63, 3.8) is 0 Å². The molecule has 0 unspecified atom stereocenters. The van der Waals surface area contributed by atoms with Crippen molar-refractivity contribution in [2.24, 2.45) is 5.41 Å². The van der Waals surface area contributed by atoms with Gasteiger partial charge < -0.3 is 4.74 Å². The molecular weight excluding hydrogens is 209 g/mol. The largest absolute Gasteiger partial charge is 0.468 e. The quantitative estimate of drug-likeness (QED) is 0.496. The number of carbonyl (C=O) groups excluding carboxylic acids is 1. The lowest BCUT2D eigenvalue weighted by Crippen LogP contribution is -2.68. The summed E-state index contributed by atoms with van der Waals surface area (Å²) in [4.78, 5) is 10.9. The lowest BCUT2D eigenvalue weighted by atomic mass is 9.65. The third-order valence-corrected chi connectivity index (χ3v) is 3.06. The second-order valence-electron chi connectivity index (χ2n) is 3.28. The Balaban J connectivity index is 2.95. The van der Waals surface area contributed by atoms with Gasteiger partial charge in [0.05, 0.1) is 7.11 Å². The van der Waals surface area contributed by atoms with Crippen LogP contribution >= 0.6 is 11.6 Å². The van der Waals surface area contributed by atoms with E-state index in [0.717, 1.165) is 14.0 Å². The molecule has 1 aliphatic rings. The number of alkyl halides is 4. The molecule has 0 aromatic carbocycles. The first-order valence-corrected chi connectivity index (χ1v) is 3.91. The van der Waals surface area contributed by atoms with Crippen LogP contribution in [0.1, 0.15) is 13.3 Å². The van der Waals surface area contributed by atoms with Gasteiger partial charge in [-0.05, 0) is 6.92 Å². The highest BCUT2D eigenvalue weighted by Crippen LogP contribution is 2.64. The Morgan fingerprint density at radius 1 is 1.46 bits per heavy atom. The molecule has 13 heavy (non-hydrogen) atoms. The Morgan fingerprint density at radius 3 is 2.15 bits per heavy atom. The number of esters is 1. The Kier molecular flexibility index (Phi) is 2.07. The zero-order valence-electron chi connectivity index (χ0n) is 7.04. The van der Waals surface area contributed by atoms with Gasteiger partial charge in [-0.15, -0.1) is 0 Å². The van der Waals surface area contributed by atoms with Crippen LogP contribution in [0.5, 0.6) is 0 Å². The van der Waals surface area contributed by atoms with E-state index in [4.69, 9.17) is 11.6 Å². The standard InChI is InChI=1S/C7H8ClF3O2/c1-5(4(12)13-2)3-6(9,10)7(5,8)11/h3H2,1-2H3/t5-,7+/m0/s1. The van der Waals surface area contributed by atoms with Crippen molar-refractivity contribution >= 4 is 17.6 Å². The van der Waals surface area contributed by atoms with E-state index in [1.165, 1.54) is 0 Å². The molecule has 0 spiro atoms. The highest BCUT2D eigenvalue weighted by molar-refractivity contribution is 6.26. The molecule has 1 aliphatic carbocycles. The molecule has 1 fully saturated rings. The van der Waals surface area contributed by atoms with Gasteiger partial charge in [0, 0.05) is 6.42 Å². The van der Waals surface area contributed by atoms with Gasteiger partial charge in [0.25, 0.3) is 11.1 Å². The van der Waals surface area contributed by atoms with Crippen molar-refractivity contribution in [3.05, 3.63) is 0 Å². The fourth-order valence-corrected chi connectivity index (χ4v) is 1.60. The Morgan fingerprint density at radius 2 is 1.92 bits per heavy atom. The van der Waals surface area contributed by atoms with Gasteiger partial charge in [0.1, 0.15) is 5.41 Å². The number of rotatable bonds is 1. The molecule has 0 amide bonds. The van der Waals surface area contributed by atoms with Gasteiger partial charge in [-0.2, -0.15) is 0 Å². The minimum absolute atomic E-state index is 0.924. The van der Waals surface area contributed by atoms with E-state index in [9.17, 15) is 18.0 Å². The normalized spacial score (nSPS) is 42.3. The van der Waals surface area contributed by atoms with Crippen LogP contribution in [-0.2, 0) is 9.53 Å². The molecule has 2 nitrogen and oxygen atoms in total. The van der Waals surface area contributed by atoms with Gasteiger partial charge in [-0.3, -0.25) is 4.79 Å². The minimum Gasteiger partial charge on any atom is -0.468 e. The summed E-state index contributed by atoms with van der Waals surface area (Å²) in [5.74, 6) is -4.73. The summed E-state index contributed by atoms with van der Waals surface area (Å²) < 4.78 is 42.6. The smallest absolute Gasteiger partial charge is 0.316 e. The third-order valence-electron chi connectivity index (χ3n) is 2.36. The van der Waals surface area contributed by atoms with E-state index in [-0.39, 0.29) is 0 Å². The topological polar surface area (TPSA) is 26.3 Å². The average Bonchev–Trinajstić information content (AvgIpc) is 2.01. The van der Waals surface area contributed by atoms with Crippen molar-refractivity contribution < 1.29 is 22.7 Å². The van der Waals surface area contributed by atoms with Crippen LogP contribution in [0, 0.1) is 5.41 Å². The molecule has 2 atom stereocenters. The van der Waals surface area contributed by atoms with Crippen molar-refractivity contribution in [1.29, 1.82) is 0 Å². The van der Waals surface area contributed by atoms with E-state index in [0.29, 0.717) is 0 Å². The zero-order chi connectivity index (χ0) is 10.5. The van der Waals surface area contributed by atoms with E-state index in [1.807, 2.05) is 0 Å². The molecular formula is C7H8ClF3O2. The molecule has 1 rings (SSSR count). The molecule has 1 saturated carbocycles. The fraction of sp³-hybridized carbons (Fsp3) is 0.857. The maximum absolute atomic E-state index is 13.2. The molecule has 0 bridgehead atoms. The highest BCUT2D eigenvalue weighted by atomic mass is 35.5. The van der Waals surface area contributed by atoms with Gasteiger partial charge in [-0.1, -0.05) is 11.6 Å². The monoisotopic (exact) mass is 216 g/mol. The lowest BCUT2D eigenvalue weighted by Gasteiger charge is -2.51. The van der Waals surface area contributed by atoms with E-state index in [2.05, 4.69) is 4.74 Å². The van der Waals surface area contributed by atoms with Crippen molar-refractivity contribution in [1.82, 2.24) is 0 Å². The number of carbonyl (C=O) groups is 1. The number of ether oxygens (including phenoxy) is 1. The van der Waals surface area contributed by atoms with E-state index in [1.54, 1.807) is 0 Å². The second-order valence-corrected chi connectivity index (χ2v) is 3.80. The first-order chi connectivity index (χ1) is 5.69.